The Labute approximate surface area is 86.3 Å². The summed E-state index contributed by atoms with van der Waals surface area (Å²) in [6.07, 6.45) is 1.54. The first-order valence-electron chi connectivity index (χ1n) is 4.47. The highest BCUT2D eigenvalue weighted by atomic mass is 16.6. The van der Waals surface area contributed by atoms with Crippen LogP contribution in [0, 0.1) is 17.0 Å². The van der Waals surface area contributed by atoms with Crippen LogP contribution in [0.25, 0.3) is 11.3 Å². The molecule has 76 valence electrons. The molecule has 1 heterocycles. The van der Waals surface area contributed by atoms with E-state index in [1.165, 1.54) is 6.07 Å². The maximum Gasteiger partial charge on any atom is 0.273 e. The fourth-order valence-electron chi connectivity index (χ4n) is 1.40. The summed E-state index contributed by atoms with van der Waals surface area (Å²) >= 11 is 0. The number of hydrogen-bond acceptors (Lipinski definition) is 3. The third kappa shape index (κ3) is 1.74. The molecule has 0 atom stereocenters. The molecule has 4 heteroatoms. The fourth-order valence-corrected chi connectivity index (χ4v) is 1.40. The molecular weight excluding hydrogens is 194 g/mol. The molecule has 1 aromatic heterocycles. The number of aryl methyl sites for hydroxylation is 1. The first-order valence-corrected chi connectivity index (χ1v) is 4.47. The highest BCUT2D eigenvalue weighted by Gasteiger charge is 2.12. The van der Waals surface area contributed by atoms with Crippen molar-refractivity contribution in [3.63, 3.8) is 0 Å². The van der Waals surface area contributed by atoms with Gasteiger partial charge in [0.1, 0.15) is 5.76 Å². The van der Waals surface area contributed by atoms with Gasteiger partial charge in [-0.05, 0) is 19.1 Å². The largest absolute Gasteiger partial charge is 0.464 e. The van der Waals surface area contributed by atoms with Crippen molar-refractivity contribution < 1.29 is 9.34 Å². The van der Waals surface area contributed by atoms with E-state index < -0.39 is 0 Å². The van der Waals surface area contributed by atoms with Crippen molar-refractivity contribution in [2.45, 2.75) is 6.92 Å². The van der Waals surface area contributed by atoms with Gasteiger partial charge in [0.15, 0.2) is 0 Å². The number of hydrogen-bond donors (Lipinski definition) is 0. The zero-order valence-corrected chi connectivity index (χ0v) is 8.14. The third-order valence-corrected chi connectivity index (χ3v) is 2.21. The van der Waals surface area contributed by atoms with E-state index in [2.05, 4.69) is 0 Å². The van der Waals surface area contributed by atoms with Crippen molar-refractivity contribution >= 4 is 5.69 Å². The van der Waals surface area contributed by atoms with Crippen LogP contribution in [0.1, 0.15) is 5.56 Å². The van der Waals surface area contributed by atoms with Crippen LogP contribution in [0.2, 0.25) is 0 Å². The van der Waals surface area contributed by atoms with Crippen molar-refractivity contribution in [2.24, 2.45) is 0 Å². The molecule has 2 rings (SSSR count). The molecule has 0 bridgehead atoms. The van der Waals surface area contributed by atoms with Crippen molar-refractivity contribution in [2.75, 3.05) is 0 Å². The van der Waals surface area contributed by atoms with E-state index in [0.29, 0.717) is 11.3 Å². The van der Waals surface area contributed by atoms with E-state index in [-0.39, 0.29) is 10.6 Å². The lowest BCUT2D eigenvalue weighted by Gasteiger charge is -1.99. The number of nitro groups is 1. The summed E-state index contributed by atoms with van der Waals surface area (Å²) in [7, 11) is 0. The quantitative estimate of drug-likeness (QED) is 0.556. The molecule has 0 unspecified atom stereocenters. The molecular formula is C11H9NO3. The van der Waals surface area contributed by atoms with Gasteiger partial charge in [-0.25, -0.2) is 0 Å². The summed E-state index contributed by atoms with van der Waals surface area (Å²) in [4.78, 5) is 10.3. The van der Waals surface area contributed by atoms with Crippen LogP contribution in [-0.2, 0) is 0 Å². The Balaban J connectivity index is 2.52. The van der Waals surface area contributed by atoms with Crippen LogP contribution in [0.3, 0.4) is 0 Å². The summed E-state index contributed by atoms with van der Waals surface area (Å²) in [5.41, 5.74) is 1.48. The van der Waals surface area contributed by atoms with Crippen molar-refractivity contribution in [1.29, 1.82) is 0 Å². The third-order valence-electron chi connectivity index (χ3n) is 2.21. The number of nitro benzene ring substituents is 1. The fraction of sp³-hybridized carbons (Fsp3) is 0.0909. The van der Waals surface area contributed by atoms with Crippen LogP contribution in [-0.4, -0.2) is 4.92 Å². The molecule has 0 aliphatic carbocycles. The average Bonchev–Trinajstić information content (AvgIpc) is 2.71. The number of benzene rings is 1. The zero-order valence-electron chi connectivity index (χ0n) is 8.14. The Kier molecular flexibility index (Phi) is 2.25. The van der Waals surface area contributed by atoms with Gasteiger partial charge in [-0.1, -0.05) is 12.1 Å². The lowest BCUT2D eigenvalue weighted by atomic mass is 10.1. The van der Waals surface area contributed by atoms with Gasteiger partial charge in [0.2, 0.25) is 0 Å². The molecule has 0 saturated carbocycles. The SMILES string of the molecule is Cc1ccc(-c2ccco2)cc1[N+](=O)[O-]. The summed E-state index contributed by atoms with van der Waals surface area (Å²) < 4.78 is 5.17. The van der Waals surface area contributed by atoms with Gasteiger partial charge < -0.3 is 4.42 Å². The van der Waals surface area contributed by atoms with Crippen LogP contribution in [0.15, 0.2) is 41.0 Å². The molecule has 0 aliphatic rings. The molecule has 0 saturated heterocycles. The Morgan fingerprint density at radius 1 is 1.33 bits per heavy atom. The van der Waals surface area contributed by atoms with Gasteiger partial charge >= 0.3 is 0 Å². The molecule has 0 amide bonds. The van der Waals surface area contributed by atoms with Gasteiger partial charge in [-0.15, -0.1) is 0 Å². The number of furan rings is 1. The predicted octanol–water partition coefficient (Wildman–Crippen LogP) is 3.16. The van der Waals surface area contributed by atoms with E-state index >= 15 is 0 Å². The van der Waals surface area contributed by atoms with Gasteiger partial charge in [0.05, 0.1) is 11.2 Å². The highest BCUT2D eigenvalue weighted by Crippen LogP contribution is 2.26. The van der Waals surface area contributed by atoms with Crippen molar-refractivity contribution in [1.82, 2.24) is 0 Å². The second-order valence-corrected chi connectivity index (χ2v) is 3.24. The molecule has 4 nitrogen and oxygen atoms in total. The van der Waals surface area contributed by atoms with Crippen molar-refractivity contribution in [3.8, 4) is 11.3 Å². The minimum atomic E-state index is -0.387. The first kappa shape index (κ1) is 9.45. The van der Waals surface area contributed by atoms with E-state index in [1.807, 2.05) is 0 Å². The highest BCUT2D eigenvalue weighted by molar-refractivity contribution is 5.62. The van der Waals surface area contributed by atoms with Gasteiger partial charge in [0, 0.05) is 17.2 Å². The van der Waals surface area contributed by atoms with Gasteiger partial charge in [0.25, 0.3) is 5.69 Å². The van der Waals surface area contributed by atoms with E-state index in [1.54, 1.807) is 37.5 Å². The second-order valence-electron chi connectivity index (χ2n) is 3.24. The molecule has 1 aromatic carbocycles. The maximum absolute atomic E-state index is 10.7. The van der Waals surface area contributed by atoms with Crippen LogP contribution >= 0.6 is 0 Å². The summed E-state index contributed by atoms with van der Waals surface area (Å²) in [5.74, 6) is 0.637. The normalized spacial score (nSPS) is 10.2. The smallest absolute Gasteiger partial charge is 0.273 e. The molecule has 0 fully saturated rings. The molecule has 0 spiro atoms. The van der Waals surface area contributed by atoms with Gasteiger partial charge in [-0.3, -0.25) is 10.1 Å². The molecule has 0 N–H and O–H groups in total. The molecule has 0 radical (unpaired) electrons. The van der Waals surface area contributed by atoms with Crippen LogP contribution < -0.4 is 0 Å². The predicted molar refractivity (Wildman–Crippen MR) is 55.5 cm³/mol. The maximum atomic E-state index is 10.7. The van der Waals surface area contributed by atoms with Gasteiger partial charge in [-0.2, -0.15) is 0 Å². The van der Waals surface area contributed by atoms with Crippen LogP contribution in [0.4, 0.5) is 5.69 Å². The summed E-state index contributed by atoms with van der Waals surface area (Å²) in [5, 5.41) is 10.7. The minimum absolute atomic E-state index is 0.115. The lowest BCUT2D eigenvalue weighted by Crippen LogP contribution is -1.91. The summed E-state index contributed by atoms with van der Waals surface area (Å²) in [6.45, 7) is 1.71. The minimum Gasteiger partial charge on any atom is -0.464 e. The lowest BCUT2D eigenvalue weighted by molar-refractivity contribution is -0.385. The monoisotopic (exact) mass is 203 g/mol. The summed E-state index contributed by atoms with van der Waals surface area (Å²) in [6, 6.07) is 8.57. The standard InChI is InChI=1S/C11H9NO3/c1-8-4-5-9(7-10(8)12(13)14)11-3-2-6-15-11/h2-7H,1H3. The number of nitrogens with zero attached hydrogens (tertiary/aromatic N) is 1. The second kappa shape index (κ2) is 3.57. The Bertz CT molecular complexity index is 489. The number of rotatable bonds is 2. The first-order chi connectivity index (χ1) is 7.18. The van der Waals surface area contributed by atoms with Crippen molar-refractivity contribution in [3.05, 3.63) is 52.3 Å². The van der Waals surface area contributed by atoms with Crippen LogP contribution in [0.5, 0.6) is 0 Å². The Hall–Kier alpha value is -2.10. The Morgan fingerprint density at radius 2 is 2.13 bits per heavy atom. The zero-order chi connectivity index (χ0) is 10.8. The molecule has 2 aromatic rings. The Morgan fingerprint density at radius 3 is 2.73 bits per heavy atom. The average molecular weight is 203 g/mol. The molecule has 15 heavy (non-hydrogen) atoms. The van der Waals surface area contributed by atoms with E-state index in [0.717, 1.165) is 5.56 Å². The van der Waals surface area contributed by atoms with E-state index in [9.17, 15) is 10.1 Å². The molecule has 0 aliphatic heterocycles. The topological polar surface area (TPSA) is 56.3 Å². The van der Waals surface area contributed by atoms with E-state index in [4.69, 9.17) is 4.42 Å².